The Hall–Kier alpha value is -2.77. The number of nitrogens with zero attached hydrogens (tertiary/aromatic N) is 2. The van der Waals surface area contributed by atoms with Crippen molar-refractivity contribution in [3.05, 3.63) is 77.9 Å². The lowest BCUT2D eigenvalue weighted by Crippen LogP contribution is -2.04. The minimum atomic E-state index is -4.33. The lowest BCUT2D eigenvalue weighted by molar-refractivity contribution is -0.0323. The van der Waals surface area contributed by atoms with E-state index in [0.717, 1.165) is 33.4 Å². The summed E-state index contributed by atoms with van der Waals surface area (Å²) in [6.07, 6.45) is 1.70. The lowest BCUT2D eigenvalue weighted by atomic mass is 10.0. The Morgan fingerprint density at radius 3 is 2.07 bits per heavy atom. The third kappa shape index (κ3) is 4.81. The van der Waals surface area contributed by atoms with Gasteiger partial charge >= 0.3 is 5.51 Å². The second-order valence-corrected chi connectivity index (χ2v) is 7.50. The highest BCUT2D eigenvalue weighted by Crippen LogP contribution is 2.32. The van der Waals surface area contributed by atoms with Gasteiger partial charge in [0.15, 0.2) is 0 Å². The van der Waals surface area contributed by atoms with E-state index in [-0.39, 0.29) is 11.9 Å². The molecule has 4 aromatic rings. The fraction of sp³-hybridized carbons (Fsp3) is 0.0476. The number of fused-ring (bicyclic) bond motifs is 1. The van der Waals surface area contributed by atoms with Crippen molar-refractivity contribution in [3.8, 4) is 22.4 Å². The fourth-order valence-electron chi connectivity index (χ4n) is 2.80. The summed E-state index contributed by atoms with van der Waals surface area (Å²) in [7, 11) is 0. The zero-order chi connectivity index (χ0) is 20.4. The molecule has 0 unspecified atom stereocenters. The molecule has 1 heterocycles. The molecule has 3 aromatic carbocycles. The van der Waals surface area contributed by atoms with Gasteiger partial charge in [0.25, 0.3) is 0 Å². The van der Waals surface area contributed by atoms with E-state index in [1.165, 1.54) is 0 Å². The molecule has 1 aromatic heterocycles. The Bertz CT molecular complexity index is 1150. The molecule has 1 N–H and O–H groups in total. The molecule has 0 radical (unpaired) electrons. The standard InChI is InChI=1S/C21H13ClF3N3S/c22-16-7-10-18-19(11-16)26-12-20(27-18)15-3-1-13(2-4-15)14-5-8-17(9-6-14)28-29-21(23,24)25/h1-12,28H. The van der Waals surface area contributed by atoms with Gasteiger partial charge in [-0.15, -0.1) is 0 Å². The first-order valence-corrected chi connectivity index (χ1v) is 9.71. The van der Waals surface area contributed by atoms with E-state index in [0.29, 0.717) is 10.7 Å². The molecule has 146 valence electrons. The Labute approximate surface area is 174 Å². The van der Waals surface area contributed by atoms with Crippen molar-refractivity contribution in [2.75, 3.05) is 4.72 Å². The Balaban J connectivity index is 1.52. The van der Waals surface area contributed by atoms with Crippen LogP contribution in [0.3, 0.4) is 0 Å². The topological polar surface area (TPSA) is 37.8 Å². The summed E-state index contributed by atoms with van der Waals surface area (Å²) >= 11 is 5.69. The van der Waals surface area contributed by atoms with Gasteiger partial charge in [0.1, 0.15) is 0 Å². The van der Waals surface area contributed by atoms with Crippen molar-refractivity contribution in [1.29, 1.82) is 0 Å². The van der Waals surface area contributed by atoms with E-state index in [1.54, 1.807) is 42.6 Å². The minimum absolute atomic E-state index is 0.281. The third-order valence-electron chi connectivity index (χ3n) is 4.19. The molecular weight excluding hydrogens is 419 g/mol. The molecule has 0 atom stereocenters. The van der Waals surface area contributed by atoms with Crippen molar-refractivity contribution in [2.45, 2.75) is 5.51 Å². The lowest BCUT2D eigenvalue weighted by Gasteiger charge is -2.09. The zero-order valence-electron chi connectivity index (χ0n) is 14.7. The molecule has 0 saturated heterocycles. The van der Waals surface area contributed by atoms with Gasteiger partial charge in [-0.05, 0) is 41.5 Å². The van der Waals surface area contributed by atoms with E-state index in [4.69, 9.17) is 11.6 Å². The van der Waals surface area contributed by atoms with E-state index < -0.39 is 5.51 Å². The maximum absolute atomic E-state index is 12.3. The van der Waals surface area contributed by atoms with Gasteiger partial charge in [0.2, 0.25) is 0 Å². The maximum atomic E-state index is 12.3. The van der Waals surface area contributed by atoms with Gasteiger partial charge in [0.05, 0.1) is 34.9 Å². The first kappa shape index (κ1) is 19.5. The molecule has 8 heteroatoms. The fourth-order valence-corrected chi connectivity index (χ4v) is 3.34. The van der Waals surface area contributed by atoms with Crippen LogP contribution in [0.15, 0.2) is 72.9 Å². The number of hydrogen-bond donors (Lipinski definition) is 1. The van der Waals surface area contributed by atoms with Crippen molar-refractivity contribution in [3.63, 3.8) is 0 Å². The normalized spacial score (nSPS) is 11.6. The van der Waals surface area contributed by atoms with Crippen molar-refractivity contribution >= 4 is 40.3 Å². The van der Waals surface area contributed by atoms with E-state index >= 15 is 0 Å². The summed E-state index contributed by atoms with van der Waals surface area (Å²) < 4.78 is 39.0. The van der Waals surface area contributed by atoms with Crippen LogP contribution < -0.4 is 4.72 Å². The molecule has 0 aliphatic heterocycles. The van der Waals surface area contributed by atoms with Crippen LogP contribution in [0, 0.1) is 0 Å². The largest absolute Gasteiger partial charge is 0.461 e. The molecule has 3 nitrogen and oxygen atoms in total. The van der Waals surface area contributed by atoms with E-state index in [1.807, 2.05) is 30.3 Å². The Kier molecular flexibility index (Phi) is 5.34. The minimum Gasteiger partial charge on any atom is -0.323 e. The zero-order valence-corrected chi connectivity index (χ0v) is 16.3. The number of benzene rings is 3. The predicted molar refractivity (Wildman–Crippen MR) is 113 cm³/mol. The number of nitrogens with one attached hydrogen (secondary N) is 1. The van der Waals surface area contributed by atoms with Crippen LogP contribution in [0.1, 0.15) is 0 Å². The molecule has 29 heavy (non-hydrogen) atoms. The number of aromatic nitrogens is 2. The SMILES string of the molecule is FC(F)(F)SNc1ccc(-c2ccc(-c3cnc4cc(Cl)ccc4n3)cc2)cc1. The predicted octanol–water partition coefficient (Wildman–Crippen LogP) is 7.20. The van der Waals surface area contributed by atoms with Crippen molar-refractivity contribution < 1.29 is 13.2 Å². The quantitative estimate of drug-likeness (QED) is 0.347. The van der Waals surface area contributed by atoms with Crippen LogP contribution in [-0.4, -0.2) is 15.5 Å². The van der Waals surface area contributed by atoms with Gasteiger partial charge in [-0.2, -0.15) is 13.2 Å². The molecular formula is C21H13ClF3N3S. The second kappa shape index (κ2) is 7.93. The number of hydrogen-bond acceptors (Lipinski definition) is 4. The summed E-state index contributed by atoms with van der Waals surface area (Å²) in [5.41, 5.74) is 1.06. The summed E-state index contributed by atoms with van der Waals surface area (Å²) in [6, 6.07) is 19.9. The highest BCUT2D eigenvalue weighted by atomic mass is 35.5. The summed E-state index contributed by atoms with van der Waals surface area (Å²) in [4.78, 5) is 9.02. The molecule has 0 aliphatic carbocycles. The average molecular weight is 432 g/mol. The number of halogens is 4. The molecule has 4 rings (SSSR count). The molecule has 0 saturated carbocycles. The van der Waals surface area contributed by atoms with Crippen LogP contribution in [0.2, 0.25) is 5.02 Å². The average Bonchev–Trinajstić information content (AvgIpc) is 2.72. The number of anilines is 1. The Morgan fingerprint density at radius 1 is 0.793 bits per heavy atom. The smallest absolute Gasteiger partial charge is 0.323 e. The van der Waals surface area contributed by atoms with Gasteiger partial charge in [-0.25, -0.2) is 4.98 Å². The van der Waals surface area contributed by atoms with Crippen LogP contribution in [0.5, 0.6) is 0 Å². The summed E-state index contributed by atoms with van der Waals surface area (Å²) in [5.74, 6) is 0. The van der Waals surface area contributed by atoms with Crippen LogP contribution in [0.25, 0.3) is 33.4 Å². The Morgan fingerprint density at radius 2 is 1.41 bits per heavy atom. The van der Waals surface area contributed by atoms with Gasteiger partial charge < -0.3 is 4.72 Å². The van der Waals surface area contributed by atoms with Crippen LogP contribution in [0.4, 0.5) is 18.9 Å². The summed E-state index contributed by atoms with van der Waals surface area (Å²) in [5, 5.41) is 0.613. The first-order valence-electron chi connectivity index (χ1n) is 8.51. The molecule has 0 spiro atoms. The molecule has 0 amide bonds. The van der Waals surface area contributed by atoms with Gasteiger partial charge in [0, 0.05) is 16.3 Å². The number of rotatable bonds is 4. The van der Waals surface area contributed by atoms with Crippen molar-refractivity contribution in [1.82, 2.24) is 9.97 Å². The third-order valence-corrected chi connectivity index (χ3v) is 4.99. The highest BCUT2D eigenvalue weighted by molar-refractivity contribution is 8.01. The van der Waals surface area contributed by atoms with Gasteiger partial charge in [-0.1, -0.05) is 48.0 Å². The van der Waals surface area contributed by atoms with E-state index in [2.05, 4.69) is 14.7 Å². The van der Waals surface area contributed by atoms with E-state index in [9.17, 15) is 13.2 Å². The molecule has 0 fully saturated rings. The van der Waals surface area contributed by atoms with Crippen molar-refractivity contribution in [2.24, 2.45) is 0 Å². The summed E-state index contributed by atoms with van der Waals surface area (Å²) in [6.45, 7) is 0. The van der Waals surface area contributed by atoms with Crippen LogP contribution >= 0.6 is 23.5 Å². The second-order valence-electron chi connectivity index (χ2n) is 6.19. The first-order chi connectivity index (χ1) is 13.9. The molecule has 0 bridgehead atoms. The number of alkyl halides is 3. The van der Waals surface area contributed by atoms with Crippen LogP contribution in [-0.2, 0) is 0 Å². The highest BCUT2D eigenvalue weighted by Gasteiger charge is 2.28. The maximum Gasteiger partial charge on any atom is 0.461 e. The monoisotopic (exact) mass is 431 g/mol. The molecule has 0 aliphatic rings. The van der Waals surface area contributed by atoms with Gasteiger partial charge in [-0.3, -0.25) is 4.98 Å².